The summed E-state index contributed by atoms with van der Waals surface area (Å²) in [6.07, 6.45) is 2.53. The molecule has 1 N–H and O–H groups in total. The maximum Gasteiger partial charge on any atom is 0.328 e. The zero-order valence-electron chi connectivity index (χ0n) is 10.6. The first-order valence-electron chi connectivity index (χ1n) is 6.02. The van der Waals surface area contributed by atoms with Crippen molar-refractivity contribution in [3.05, 3.63) is 71.6 Å². The molecule has 2 rings (SSSR count). The fraction of sp³-hybridized carbons (Fsp3) is 0.0625. The number of carbonyl (C=O) groups is 1. The smallest absolute Gasteiger partial charge is 0.328 e. The van der Waals surface area contributed by atoms with Gasteiger partial charge in [-0.15, -0.1) is 0 Å². The lowest BCUT2D eigenvalue weighted by molar-refractivity contribution is -0.131. The van der Waals surface area contributed by atoms with Crippen LogP contribution in [0.25, 0.3) is 6.08 Å². The second-order valence-corrected chi connectivity index (χ2v) is 4.12. The first-order chi connectivity index (χ1) is 9.65. The zero-order chi connectivity index (χ0) is 14.4. The highest BCUT2D eigenvalue weighted by molar-refractivity contribution is 5.85. The lowest BCUT2D eigenvalue weighted by Crippen LogP contribution is -1.97. The van der Waals surface area contributed by atoms with Gasteiger partial charge in [0.15, 0.2) is 0 Å². The Kier molecular flexibility index (Phi) is 4.50. The minimum Gasteiger partial charge on any atom is -0.488 e. The van der Waals surface area contributed by atoms with Gasteiger partial charge >= 0.3 is 5.97 Å². The maximum absolute atomic E-state index is 12.8. The van der Waals surface area contributed by atoms with E-state index in [4.69, 9.17) is 9.84 Å². The molecule has 3 nitrogen and oxygen atoms in total. The summed E-state index contributed by atoms with van der Waals surface area (Å²) in [5.74, 6) is -0.730. The van der Waals surface area contributed by atoms with E-state index in [1.807, 2.05) is 0 Å². The molecule has 20 heavy (non-hydrogen) atoms. The number of hydrogen-bond acceptors (Lipinski definition) is 2. The highest BCUT2D eigenvalue weighted by Crippen LogP contribution is 2.20. The van der Waals surface area contributed by atoms with Crippen molar-refractivity contribution < 1.29 is 19.0 Å². The van der Waals surface area contributed by atoms with Crippen LogP contribution >= 0.6 is 0 Å². The van der Waals surface area contributed by atoms with E-state index >= 15 is 0 Å². The molecule has 102 valence electrons. The predicted octanol–water partition coefficient (Wildman–Crippen LogP) is 3.50. The normalized spacial score (nSPS) is 10.7. The third kappa shape index (κ3) is 3.95. The van der Waals surface area contributed by atoms with E-state index in [0.29, 0.717) is 11.3 Å². The van der Waals surface area contributed by atoms with Crippen molar-refractivity contribution in [3.8, 4) is 5.75 Å². The van der Waals surface area contributed by atoms with Gasteiger partial charge in [-0.25, -0.2) is 9.18 Å². The predicted molar refractivity (Wildman–Crippen MR) is 73.8 cm³/mol. The van der Waals surface area contributed by atoms with E-state index < -0.39 is 5.97 Å². The largest absolute Gasteiger partial charge is 0.488 e. The summed E-state index contributed by atoms with van der Waals surface area (Å²) in [7, 11) is 0. The van der Waals surface area contributed by atoms with Gasteiger partial charge in [-0.05, 0) is 29.8 Å². The Balaban J connectivity index is 2.09. The van der Waals surface area contributed by atoms with E-state index in [2.05, 4.69) is 0 Å². The number of carboxylic acid groups (broad SMARTS) is 1. The van der Waals surface area contributed by atoms with Crippen molar-refractivity contribution in [2.75, 3.05) is 0 Å². The van der Waals surface area contributed by atoms with Crippen LogP contribution in [0.1, 0.15) is 11.1 Å². The van der Waals surface area contributed by atoms with Gasteiger partial charge in [0.1, 0.15) is 18.2 Å². The van der Waals surface area contributed by atoms with Crippen LogP contribution in [0.2, 0.25) is 0 Å². The van der Waals surface area contributed by atoms with Crippen molar-refractivity contribution >= 4 is 12.0 Å². The Morgan fingerprint density at radius 3 is 2.55 bits per heavy atom. The SMILES string of the molecule is O=C(O)C=Cc1ccccc1OCc1ccc(F)cc1. The third-order valence-corrected chi connectivity index (χ3v) is 2.63. The zero-order valence-corrected chi connectivity index (χ0v) is 10.6. The van der Waals surface area contributed by atoms with Crippen molar-refractivity contribution in [1.29, 1.82) is 0 Å². The molecule has 0 radical (unpaired) electrons. The van der Waals surface area contributed by atoms with Crippen molar-refractivity contribution in [2.24, 2.45) is 0 Å². The van der Waals surface area contributed by atoms with Crippen LogP contribution in [0.4, 0.5) is 4.39 Å². The van der Waals surface area contributed by atoms with Crippen LogP contribution in [0.15, 0.2) is 54.6 Å². The number of benzene rings is 2. The van der Waals surface area contributed by atoms with E-state index in [-0.39, 0.29) is 12.4 Å². The molecule has 0 atom stereocenters. The topological polar surface area (TPSA) is 46.5 Å². The molecule has 0 saturated carbocycles. The van der Waals surface area contributed by atoms with Gasteiger partial charge in [0.05, 0.1) is 0 Å². The van der Waals surface area contributed by atoms with Crippen molar-refractivity contribution in [2.45, 2.75) is 6.61 Å². The molecule has 0 aromatic heterocycles. The molecule has 0 bridgehead atoms. The molecule has 0 heterocycles. The average Bonchev–Trinajstić information content (AvgIpc) is 2.45. The molecule has 0 aliphatic rings. The lowest BCUT2D eigenvalue weighted by Gasteiger charge is -2.09. The standard InChI is InChI=1S/C16H13FO3/c17-14-8-5-12(6-9-14)11-20-15-4-2-1-3-13(15)7-10-16(18)19/h1-10H,11H2,(H,18,19). The Labute approximate surface area is 115 Å². The third-order valence-electron chi connectivity index (χ3n) is 2.63. The molecular weight excluding hydrogens is 259 g/mol. The van der Waals surface area contributed by atoms with Gasteiger partial charge in [-0.1, -0.05) is 30.3 Å². The molecular formula is C16H13FO3. The Hall–Kier alpha value is -2.62. The molecule has 0 aliphatic carbocycles. The fourth-order valence-corrected chi connectivity index (χ4v) is 1.65. The Morgan fingerprint density at radius 2 is 1.85 bits per heavy atom. The molecule has 0 saturated heterocycles. The van der Waals surface area contributed by atoms with E-state index in [9.17, 15) is 9.18 Å². The van der Waals surface area contributed by atoms with Gasteiger partial charge in [0.25, 0.3) is 0 Å². The first kappa shape index (κ1) is 13.8. The number of halogens is 1. The molecule has 2 aromatic carbocycles. The highest BCUT2D eigenvalue weighted by atomic mass is 19.1. The molecule has 0 unspecified atom stereocenters. The molecule has 0 spiro atoms. The number of carboxylic acids is 1. The molecule has 0 aliphatic heterocycles. The highest BCUT2D eigenvalue weighted by Gasteiger charge is 2.01. The lowest BCUT2D eigenvalue weighted by atomic mass is 10.2. The summed E-state index contributed by atoms with van der Waals surface area (Å²) >= 11 is 0. The van der Waals surface area contributed by atoms with Gasteiger partial charge < -0.3 is 9.84 Å². The number of para-hydroxylation sites is 1. The van der Waals surface area contributed by atoms with Crippen molar-refractivity contribution in [3.63, 3.8) is 0 Å². The first-order valence-corrected chi connectivity index (χ1v) is 6.02. The van der Waals surface area contributed by atoms with Gasteiger partial charge in [-0.2, -0.15) is 0 Å². The van der Waals surface area contributed by atoms with E-state index in [1.165, 1.54) is 18.2 Å². The number of hydrogen-bond donors (Lipinski definition) is 1. The van der Waals surface area contributed by atoms with Gasteiger partial charge in [0, 0.05) is 11.6 Å². The number of ether oxygens (including phenoxy) is 1. The minimum absolute atomic E-state index is 0.290. The maximum atomic E-state index is 12.8. The summed E-state index contributed by atoms with van der Waals surface area (Å²) < 4.78 is 18.4. The number of aliphatic carboxylic acids is 1. The Bertz CT molecular complexity index is 618. The summed E-state index contributed by atoms with van der Waals surface area (Å²) in [5, 5.41) is 8.64. The van der Waals surface area contributed by atoms with E-state index in [0.717, 1.165) is 11.6 Å². The molecule has 0 fully saturated rings. The van der Waals surface area contributed by atoms with Crippen LogP contribution in [0.5, 0.6) is 5.75 Å². The quantitative estimate of drug-likeness (QED) is 0.847. The fourth-order valence-electron chi connectivity index (χ4n) is 1.65. The van der Waals surface area contributed by atoms with Crippen LogP contribution in [-0.2, 0) is 11.4 Å². The monoisotopic (exact) mass is 272 g/mol. The second kappa shape index (κ2) is 6.52. The summed E-state index contributed by atoms with van der Waals surface area (Å²) in [6.45, 7) is 0.290. The van der Waals surface area contributed by atoms with Crippen LogP contribution < -0.4 is 4.74 Å². The van der Waals surface area contributed by atoms with Crippen LogP contribution in [0, 0.1) is 5.82 Å². The van der Waals surface area contributed by atoms with Gasteiger partial charge in [-0.3, -0.25) is 0 Å². The molecule has 2 aromatic rings. The van der Waals surface area contributed by atoms with Crippen LogP contribution in [0.3, 0.4) is 0 Å². The van der Waals surface area contributed by atoms with Gasteiger partial charge in [0.2, 0.25) is 0 Å². The molecule has 4 heteroatoms. The number of rotatable bonds is 5. The molecule has 0 amide bonds. The second-order valence-electron chi connectivity index (χ2n) is 4.12. The summed E-state index contributed by atoms with van der Waals surface area (Å²) in [6, 6.07) is 13.1. The van der Waals surface area contributed by atoms with E-state index in [1.54, 1.807) is 36.4 Å². The van der Waals surface area contributed by atoms with Crippen molar-refractivity contribution in [1.82, 2.24) is 0 Å². The van der Waals surface area contributed by atoms with Crippen LogP contribution in [-0.4, -0.2) is 11.1 Å². The average molecular weight is 272 g/mol. The minimum atomic E-state index is -1.02. The summed E-state index contributed by atoms with van der Waals surface area (Å²) in [5.41, 5.74) is 1.51. The Morgan fingerprint density at radius 1 is 1.15 bits per heavy atom. The summed E-state index contributed by atoms with van der Waals surface area (Å²) in [4.78, 5) is 10.5.